The second-order valence-corrected chi connectivity index (χ2v) is 3.16. The molecule has 0 radical (unpaired) electrons. The third-order valence-electron chi connectivity index (χ3n) is 1.95. The lowest BCUT2D eigenvalue weighted by Gasteiger charge is -2.00. The van der Waals surface area contributed by atoms with Gasteiger partial charge in [0.25, 0.3) is 0 Å². The molecule has 0 aliphatic rings. The number of aromatic nitrogens is 2. The maximum atomic E-state index is 4.61. The van der Waals surface area contributed by atoms with Crippen molar-refractivity contribution in [1.29, 1.82) is 0 Å². The normalized spacial score (nSPS) is 10.3. The van der Waals surface area contributed by atoms with E-state index in [2.05, 4.69) is 26.6 Å². The van der Waals surface area contributed by atoms with E-state index in [0.29, 0.717) is 6.54 Å². The van der Waals surface area contributed by atoms with Gasteiger partial charge in [-0.2, -0.15) is 4.98 Å². The Morgan fingerprint density at radius 1 is 1.43 bits per heavy atom. The third kappa shape index (κ3) is 4.77. The second kappa shape index (κ2) is 7.26. The zero-order chi connectivity index (χ0) is 10.1. The number of hydrogen-bond acceptors (Lipinski definition) is 4. The molecule has 1 heterocycles. The molecule has 0 fully saturated rings. The van der Waals surface area contributed by atoms with Gasteiger partial charge >= 0.3 is 0 Å². The Hall–Kier alpha value is -1.16. The maximum Gasteiger partial charge on any atom is 0.213 e. The highest BCUT2D eigenvalue weighted by atomic mass is 16.5. The number of unbranched alkanes of at least 4 members (excludes halogenated alkanes) is 3. The zero-order valence-corrected chi connectivity index (χ0v) is 8.41. The summed E-state index contributed by atoms with van der Waals surface area (Å²) in [6.45, 7) is 5.38. The van der Waals surface area contributed by atoms with Crippen molar-refractivity contribution in [3.8, 4) is 0 Å². The van der Waals surface area contributed by atoms with Crippen LogP contribution in [-0.4, -0.2) is 16.7 Å². The third-order valence-corrected chi connectivity index (χ3v) is 1.95. The summed E-state index contributed by atoms with van der Waals surface area (Å²) in [5.74, 6) is 0.719. The summed E-state index contributed by atoms with van der Waals surface area (Å²) in [7, 11) is 0. The fourth-order valence-electron chi connectivity index (χ4n) is 1.19. The quantitative estimate of drug-likeness (QED) is 0.508. The van der Waals surface area contributed by atoms with Crippen LogP contribution in [-0.2, 0) is 6.54 Å². The first-order valence-electron chi connectivity index (χ1n) is 5.00. The van der Waals surface area contributed by atoms with Crippen molar-refractivity contribution in [3.05, 3.63) is 24.9 Å². The fourth-order valence-corrected chi connectivity index (χ4v) is 1.19. The van der Waals surface area contributed by atoms with Crippen LogP contribution in [0.25, 0.3) is 0 Å². The minimum atomic E-state index is 0.692. The van der Waals surface area contributed by atoms with Crippen molar-refractivity contribution in [1.82, 2.24) is 15.5 Å². The number of nitrogens with one attached hydrogen (secondary N) is 1. The standard InChI is InChI=1S/C10H17N3O/c1-2-3-4-5-6-7-11-8-10-12-9-14-13-10/h2,9,11H,1,3-8H2. The molecule has 14 heavy (non-hydrogen) atoms. The molecular weight excluding hydrogens is 178 g/mol. The average molecular weight is 195 g/mol. The largest absolute Gasteiger partial charge is 0.343 e. The number of nitrogens with zero attached hydrogens (tertiary/aromatic N) is 2. The summed E-state index contributed by atoms with van der Waals surface area (Å²) in [4.78, 5) is 3.91. The molecule has 0 spiro atoms. The molecule has 4 heteroatoms. The van der Waals surface area contributed by atoms with Gasteiger partial charge in [-0.25, -0.2) is 0 Å². The van der Waals surface area contributed by atoms with Crippen LogP contribution in [0.5, 0.6) is 0 Å². The molecule has 0 unspecified atom stereocenters. The lowest BCUT2D eigenvalue weighted by Crippen LogP contribution is -2.15. The highest BCUT2D eigenvalue weighted by molar-refractivity contribution is 4.75. The van der Waals surface area contributed by atoms with Gasteiger partial charge in [0.05, 0.1) is 6.54 Å². The van der Waals surface area contributed by atoms with E-state index in [1.54, 1.807) is 0 Å². The zero-order valence-electron chi connectivity index (χ0n) is 8.41. The van der Waals surface area contributed by atoms with Gasteiger partial charge in [-0.15, -0.1) is 6.58 Å². The van der Waals surface area contributed by atoms with Gasteiger partial charge in [0, 0.05) is 0 Å². The monoisotopic (exact) mass is 195 g/mol. The van der Waals surface area contributed by atoms with Crippen LogP contribution < -0.4 is 5.32 Å². The van der Waals surface area contributed by atoms with E-state index < -0.39 is 0 Å². The molecule has 0 amide bonds. The molecule has 1 N–H and O–H groups in total. The Kier molecular flexibility index (Phi) is 5.66. The fraction of sp³-hybridized carbons (Fsp3) is 0.600. The minimum Gasteiger partial charge on any atom is -0.343 e. The van der Waals surface area contributed by atoms with E-state index in [1.165, 1.54) is 25.7 Å². The van der Waals surface area contributed by atoms with Crippen molar-refractivity contribution in [2.24, 2.45) is 0 Å². The summed E-state index contributed by atoms with van der Waals surface area (Å²) >= 11 is 0. The number of allylic oxidation sites excluding steroid dienone is 1. The summed E-state index contributed by atoms with van der Waals surface area (Å²) < 4.78 is 4.61. The first-order valence-corrected chi connectivity index (χ1v) is 5.00. The highest BCUT2D eigenvalue weighted by Crippen LogP contribution is 1.98. The topological polar surface area (TPSA) is 51.0 Å². The molecule has 1 rings (SSSR count). The van der Waals surface area contributed by atoms with Crippen LogP contribution in [0, 0.1) is 0 Å². The number of hydrogen-bond donors (Lipinski definition) is 1. The van der Waals surface area contributed by atoms with Crippen LogP contribution in [0.15, 0.2) is 23.6 Å². The lowest BCUT2D eigenvalue weighted by molar-refractivity contribution is 0.407. The Morgan fingerprint density at radius 3 is 3.07 bits per heavy atom. The number of rotatable bonds is 8. The average Bonchev–Trinajstić information content (AvgIpc) is 2.69. The summed E-state index contributed by atoms with van der Waals surface area (Å²) in [6, 6.07) is 0. The Bertz CT molecular complexity index is 234. The summed E-state index contributed by atoms with van der Waals surface area (Å²) in [6.07, 6.45) is 8.09. The molecule has 78 valence electrons. The van der Waals surface area contributed by atoms with E-state index in [9.17, 15) is 0 Å². The van der Waals surface area contributed by atoms with Gasteiger partial charge in [-0.3, -0.25) is 0 Å². The van der Waals surface area contributed by atoms with E-state index in [-0.39, 0.29) is 0 Å². The van der Waals surface area contributed by atoms with Gasteiger partial charge in [0.1, 0.15) is 0 Å². The highest BCUT2D eigenvalue weighted by Gasteiger charge is 1.95. The van der Waals surface area contributed by atoms with Crippen LogP contribution in [0.1, 0.15) is 31.5 Å². The van der Waals surface area contributed by atoms with Crippen molar-refractivity contribution in [3.63, 3.8) is 0 Å². The molecule has 0 saturated carbocycles. The smallest absolute Gasteiger partial charge is 0.213 e. The van der Waals surface area contributed by atoms with E-state index >= 15 is 0 Å². The first-order chi connectivity index (χ1) is 6.93. The van der Waals surface area contributed by atoms with Crippen LogP contribution in [0.2, 0.25) is 0 Å². The Labute approximate surface area is 84.4 Å². The molecular formula is C10H17N3O. The van der Waals surface area contributed by atoms with Crippen LogP contribution in [0.3, 0.4) is 0 Å². The summed E-state index contributed by atoms with van der Waals surface area (Å²) in [5, 5.41) is 6.96. The molecule has 1 aromatic heterocycles. The van der Waals surface area contributed by atoms with Crippen molar-refractivity contribution in [2.75, 3.05) is 6.54 Å². The van der Waals surface area contributed by atoms with Crippen LogP contribution in [0.4, 0.5) is 0 Å². The summed E-state index contributed by atoms with van der Waals surface area (Å²) in [5.41, 5.74) is 0. The first kappa shape index (κ1) is 10.9. The SMILES string of the molecule is C=CCCCCCNCc1ncon1. The second-order valence-electron chi connectivity index (χ2n) is 3.16. The molecule has 1 aromatic rings. The molecule has 0 aromatic carbocycles. The molecule has 4 nitrogen and oxygen atoms in total. The van der Waals surface area contributed by atoms with Crippen molar-refractivity contribution < 1.29 is 4.52 Å². The van der Waals surface area contributed by atoms with Crippen molar-refractivity contribution in [2.45, 2.75) is 32.2 Å². The van der Waals surface area contributed by atoms with Crippen LogP contribution >= 0.6 is 0 Å². The molecule has 0 saturated heterocycles. The Morgan fingerprint density at radius 2 is 2.36 bits per heavy atom. The molecule has 0 aliphatic carbocycles. The van der Waals surface area contributed by atoms with Gasteiger partial charge < -0.3 is 9.84 Å². The predicted octanol–water partition coefficient (Wildman–Crippen LogP) is 1.91. The lowest BCUT2D eigenvalue weighted by atomic mass is 10.2. The predicted molar refractivity (Wildman–Crippen MR) is 54.7 cm³/mol. The Balaban J connectivity index is 1.87. The molecule has 0 aliphatic heterocycles. The van der Waals surface area contributed by atoms with E-state index in [4.69, 9.17) is 0 Å². The van der Waals surface area contributed by atoms with Gasteiger partial charge in [0.2, 0.25) is 6.39 Å². The molecule has 0 atom stereocenters. The van der Waals surface area contributed by atoms with Gasteiger partial charge in [-0.05, 0) is 25.8 Å². The maximum absolute atomic E-state index is 4.61. The van der Waals surface area contributed by atoms with Gasteiger partial charge in [0.15, 0.2) is 5.82 Å². The molecule has 0 bridgehead atoms. The van der Waals surface area contributed by atoms with Gasteiger partial charge in [-0.1, -0.05) is 17.7 Å². The van der Waals surface area contributed by atoms with E-state index in [0.717, 1.165) is 18.8 Å². The minimum absolute atomic E-state index is 0.692. The van der Waals surface area contributed by atoms with Crippen molar-refractivity contribution >= 4 is 0 Å². The van der Waals surface area contributed by atoms with E-state index in [1.807, 2.05) is 6.08 Å².